The molecule has 0 amide bonds. The molecule has 1 N–H and O–H groups in total. The largest absolute Gasteiger partial charge is 0.454 e. The maximum absolute atomic E-state index is 9.37. The van der Waals surface area contributed by atoms with Gasteiger partial charge in [-0.3, -0.25) is 0 Å². The summed E-state index contributed by atoms with van der Waals surface area (Å²) in [6, 6.07) is 13.7. The molecular formula is C20H19ClN2O3. The van der Waals surface area contributed by atoms with Crippen molar-refractivity contribution in [2.45, 2.75) is 18.3 Å². The summed E-state index contributed by atoms with van der Waals surface area (Å²) in [6.07, 6.45) is 1.80. The standard InChI is InChI=1S/C20H19ClN2O3/c21-16-2-3-17(14(9-16)11-22)23-12-20(5-7-24-8-6-20)15-1-4-18-19(10-15)26-13-25-18/h1-4,9-10,23H,5-8,12-13H2. The number of ether oxygens (including phenoxy) is 3. The van der Waals surface area contributed by atoms with E-state index in [0.717, 1.165) is 30.0 Å². The zero-order valence-electron chi connectivity index (χ0n) is 14.3. The lowest BCUT2D eigenvalue weighted by atomic mass is 9.74. The van der Waals surface area contributed by atoms with Crippen LogP contribution >= 0.6 is 11.6 Å². The van der Waals surface area contributed by atoms with Gasteiger partial charge < -0.3 is 19.5 Å². The molecule has 2 aliphatic rings. The Morgan fingerprint density at radius 1 is 1.08 bits per heavy atom. The predicted molar refractivity (Wildman–Crippen MR) is 99.0 cm³/mol. The van der Waals surface area contributed by atoms with Crippen LogP contribution in [0.25, 0.3) is 0 Å². The van der Waals surface area contributed by atoms with Gasteiger partial charge in [-0.2, -0.15) is 5.26 Å². The van der Waals surface area contributed by atoms with Crippen molar-refractivity contribution >= 4 is 17.3 Å². The molecule has 0 radical (unpaired) electrons. The van der Waals surface area contributed by atoms with Crippen LogP contribution in [0.2, 0.25) is 5.02 Å². The molecule has 6 heteroatoms. The molecule has 134 valence electrons. The average molecular weight is 371 g/mol. The average Bonchev–Trinajstić information content (AvgIpc) is 3.15. The fraction of sp³-hybridized carbons (Fsp3) is 0.350. The Labute approximate surface area is 157 Å². The molecule has 0 spiro atoms. The van der Waals surface area contributed by atoms with Gasteiger partial charge in [-0.05, 0) is 48.7 Å². The highest BCUT2D eigenvalue weighted by molar-refractivity contribution is 6.30. The Morgan fingerprint density at radius 2 is 1.88 bits per heavy atom. The lowest BCUT2D eigenvalue weighted by molar-refractivity contribution is 0.0543. The van der Waals surface area contributed by atoms with E-state index in [4.69, 9.17) is 25.8 Å². The summed E-state index contributed by atoms with van der Waals surface area (Å²) in [4.78, 5) is 0. The first-order chi connectivity index (χ1) is 12.7. The fourth-order valence-electron chi connectivity index (χ4n) is 3.58. The van der Waals surface area contributed by atoms with Crippen LogP contribution in [0.4, 0.5) is 5.69 Å². The van der Waals surface area contributed by atoms with Gasteiger partial charge in [-0.1, -0.05) is 17.7 Å². The van der Waals surface area contributed by atoms with Crippen molar-refractivity contribution in [3.63, 3.8) is 0 Å². The summed E-state index contributed by atoms with van der Waals surface area (Å²) in [5.41, 5.74) is 2.45. The Morgan fingerprint density at radius 3 is 2.69 bits per heavy atom. The Hall–Kier alpha value is -2.42. The normalized spacial score (nSPS) is 17.5. The number of fused-ring (bicyclic) bond motifs is 1. The number of benzene rings is 2. The molecule has 0 aliphatic carbocycles. The highest BCUT2D eigenvalue weighted by Gasteiger charge is 2.35. The van der Waals surface area contributed by atoms with Gasteiger partial charge in [0.25, 0.3) is 0 Å². The summed E-state index contributed by atoms with van der Waals surface area (Å²) in [5.74, 6) is 1.57. The highest BCUT2D eigenvalue weighted by atomic mass is 35.5. The van der Waals surface area contributed by atoms with E-state index in [1.807, 2.05) is 12.1 Å². The lowest BCUT2D eigenvalue weighted by Crippen LogP contribution is -2.40. The molecule has 0 atom stereocenters. The van der Waals surface area contributed by atoms with Gasteiger partial charge in [-0.25, -0.2) is 0 Å². The number of halogens is 1. The van der Waals surface area contributed by atoms with Gasteiger partial charge in [0, 0.05) is 30.2 Å². The zero-order valence-corrected chi connectivity index (χ0v) is 15.0. The summed E-state index contributed by atoms with van der Waals surface area (Å²) < 4.78 is 16.6. The second-order valence-electron chi connectivity index (χ2n) is 6.62. The number of nitrogens with zero attached hydrogens (tertiary/aromatic N) is 1. The summed E-state index contributed by atoms with van der Waals surface area (Å²) >= 11 is 6.00. The van der Waals surface area contributed by atoms with Crippen molar-refractivity contribution in [1.29, 1.82) is 5.26 Å². The maximum Gasteiger partial charge on any atom is 0.231 e. The van der Waals surface area contributed by atoms with E-state index in [1.54, 1.807) is 12.1 Å². The van der Waals surface area contributed by atoms with Gasteiger partial charge >= 0.3 is 0 Å². The minimum Gasteiger partial charge on any atom is -0.454 e. The maximum atomic E-state index is 9.37. The van der Waals surface area contributed by atoms with Crippen LogP contribution < -0.4 is 14.8 Å². The summed E-state index contributed by atoms with van der Waals surface area (Å²) in [5, 5.41) is 13.4. The van der Waals surface area contributed by atoms with Crippen LogP contribution in [0, 0.1) is 11.3 Å². The van der Waals surface area contributed by atoms with Crippen LogP contribution in [0.3, 0.4) is 0 Å². The molecule has 26 heavy (non-hydrogen) atoms. The highest BCUT2D eigenvalue weighted by Crippen LogP contribution is 2.41. The molecule has 2 aromatic rings. The molecule has 2 heterocycles. The lowest BCUT2D eigenvalue weighted by Gasteiger charge is -2.38. The van der Waals surface area contributed by atoms with Crippen molar-refractivity contribution in [2.75, 3.05) is 31.9 Å². The molecule has 1 fully saturated rings. The number of hydrogen-bond acceptors (Lipinski definition) is 5. The molecular weight excluding hydrogens is 352 g/mol. The van der Waals surface area contributed by atoms with Crippen molar-refractivity contribution in [3.05, 3.63) is 52.5 Å². The monoisotopic (exact) mass is 370 g/mol. The van der Waals surface area contributed by atoms with E-state index in [-0.39, 0.29) is 12.2 Å². The Kier molecular flexibility index (Phi) is 4.62. The molecule has 2 aromatic carbocycles. The third kappa shape index (κ3) is 3.18. The van der Waals surface area contributed by atoms with Crippen molar-refractivity contribution in [1.82, 2.24) is 0 Å². The van der Waals surface area contributed by atoms with Gasteiger partial charge in [0.15, 0.2) is 11.5 Å². The number of nitriles is 1. The SMILES string of the molecule is N#Cc1cc(Cl)ccc1NCC1(c2ccc3c(c2)OCO3)CCOCC1. The summed E-state index contributed by atoms with van der Waals surface area (Å²) in [6.45, 7) is 2.39. The van der Waals surface area contributed by atoms with Crippen molar-refractivity contribution in [2.24, 2.45) is 0 Å². The molecule has 2 aliphatic heterocycles. The third-order valence-electron chi connectivity index (χ3n) is 5.15. The van der Waals surface area contributed by atoms with Gasteiger partial charge in [0.1, 0.15) is 6.07 Å². The van der Waals surface area contributed by atoms with E-state index >= 15 is 0 Å². The van der Waals surface area contributed by atoms with Crippen LogP contribution in [0.1, 0.15) is 24.0 Å². The predicted octanol–water partition coefficient (Wildman–Crippen LogP) is 4.10. The first-order valence-electron chi connectivity index (χ1n) is 8.62. The number of rotatable bonds is 4. The zero-order chi connectivity index (χ0) is 18.0. The van der Waals surface area contributed by atoms with E-state index in [9.17, 15) is 5.26 Å². The van der Waals surface area contributed by atoms with E-state index in [0.29, 0.717) is 30.3 Å². The quantitative estimate of drug-likeness (QED) is 0.877. The van der Waals surface area contributed by atoms with Crippen LogP contribution in [-0.4, -0.2) is 26.6 Å². The van der Waals surface area contributed by atoms with Gasteiger partial charge in [0.2, 0.25) is 6.79 Å². The smallest absolute Gasteiger partial charge is 0.231 e. The molecule has 0 aromatic heterocycles. The van der Waals surface area contributed by atoms with E-state index in [2.05, 4.69) is 23.5 Å². The van der Waals surface area contributed by atoms with Gasteiger partial charge in [0.05, 0.1) is 11.3 Å². The number of anilines is 1. The van der Waals surface area contributed by atoms with Crippen molar-refractivity contribution in [3.8, 4) is 17.6 Å². The number of nitrogens with one attached hydrogen (secondary N) is 1. The Balaban J connectivity index is 1.62. The molecule has 0 unspecified atom stereocenters. The Bertz CT molecular complexity index is 857. The molecule has 1 saturated heterocycles. The molecule has 0 bridgehead atoms. The van der Waals surface area contributed by atoms with Crippen LogP contribution in [0.5, 0.6) is 11.5 Å². The molecule has 0 saturated carbocycles. The molecule has 5 nitrogen and oxygen atoms in total. The van der Waals surface area contributed by atoms with Crippen LogP contribution in [-0.2, 0) is 10.2 Å². The minimum atomic E-state index is -0.0917. The van der Waals surface area contributed by atoms with Crippen LogP contribution in [0.15, 0.2) is 36.4 Å². The molecule has 4 rings (SSSR count). The third-order valence-corrected chi connectivity index (χ3v) is 5.39. The second kappa shape index (κ2) is 7.06. The van der Waals surface area contributed by atoms with E-state index in [1.165, 1.54) is 5.56 Å². The number of hydrogen-bond donors (Lipinski definition) is 1. The fourth-order valence-corrected chi connectivity index (χ4v) is 3.76. The topological polar surface area (TPSA) is 63.5 Å². The second-order valence-corrected chi connectivity index (χ2v) is 7.05. The minimum absolute atomic E-state index is 0.0917. The first kappa shape index (κ1) is 17.0. The summed E-state index contributed by atoms with van der Waals surface area (Å²) in [7, 11) is 0. The first-order valence-corrected chi connectivity index (χ1v) is 8.99. The van der Waals surface area contributed by atoms with Gasteiger partial charge in [-0.15, -0.1) is 0 Å². The van der Waals surface area contributed by atoms with Crippen molar-refractivity contribution < 1.29 is 14.2 Å². The van der Waals surface area contributed by atoms with E-state index < -0.39 is 0 Å².